The minimum absolute atomic E-state index is 0.282. The molecule has 222 valence electrons. The normalized spacial score (nSPS) is 19.1. The fourth-order valence-electron chi connectivity index (χ4n) is 4.56. The van der Waals surface area contributed by atoms with Crippen LogP contribution in [0.15, 0.2) is 142 Å². The van der Waals surface area contributed by atoms with Gasteiger partial charge in [0.15, 0.2) is 0 Å². The Hall–Kier alpha value is -3.16. The van der Waals surface area contributed by atoms with E-state index in [0.717, 1.165) is 11.1 Å². The van der Waals surface area contributed by atoms with Gasteiger partial charge < -0.3 is 5.11 Å². The van der Waals surface area contributed by atoms with Crippen molar-refractivity contribution in [2.24, 2.45) is 5.41 Å². The van der Waals surface area contributed by atoms with Crippen LogP contribution in [0.5, 0.6) is 0 Å². The Morgan fingerprint density at radius 1 is 0.707 bits per heavy atom. The zero-order valence-corrected chi connectivity index (χ0v) is 27.6. The van der Waals surface area contributed by atoms with E-state index in [1.807, 2.05) is 32.9 Å². The van der Waals surface area contributed by atoms with E-state index in [-0.39, 0.29) is 5.41 Å². The van der Waals surface area contributed by atoms with Crippen LogP contribution in [-0.4, -0.2) is 11.2 Å². The minimum atomic E-state index is -0.427. The van der Waals surface area contributed by atoms with E-state index in [1.165, 1.54) is 52.7 Å². The molecule has 0 saturated carbocycles. The van der Waals surface area contributed by atoms with Crippen LogP contribution in [0.3, 0.4) is 0 Å². The molecule has 1 nitrogen and oxygen atoms in total. The van der Waals surface area contributed by atoms with E-state index >= 15 is 0 Å². The molecule has 1 unspecified atom stereocenters. The molecule has 0 spiro atoms. The molecule has 1 rings (SSSR count). The largest absolute Gasteiger partial charge is 0.388 e. The summed E-state index contributed by atoms with van der Waals surface area (Å²) in [5, 5.41) is 10.2. The maximum atomic E-state index is 10.2. The number of hydrogen-bond acceptors (Lipinski definition) is 1. The van der Waals surface area contributed by atoms with E-state index in [1.54, 1.807) is 0 Å². The van der Waals surface area contributed by atoms with Gasteiger partial charge in [0, 0.05) is 0 Å². The second-order valence-corrected chi connectivity index (χ2v) is 12.3. The van der Waals surface area contributed by atoms with Crippen molar-refractivity contribution in [3.63, 3.8) is 0 Å². The van der Waals surface area contributed by atoms with E-state index in [4.69, 9.17) is 0 Å². The Morgan fingerprint density at radius 3 is 1.66 bits per heavy atom. The lowest BCUT2D eigenvalue weighted by Gasteiger charge is -2.32. The van der Waals surface area contributed by atoms with Crippen molar-refractivity contribution in [1.82, 2.24) is 0 Å². The summed E-state index contributed by atoms with van der Waals surface area (Å²) in [5.41, 5.74) is 10.3. The van der Waals surface area contributed by atoms with Crippen LogP contribution in [0, 0.1) is 5.41 Å². The summed E-state index contributed by atoms with van der Waals surface area (Å²) in [6, 6.07) is 0. The Bertz CT molecular complexity index is 1220. The van der Waals surface area contributed by atoms with E-state index in [9.17, 15) is 5.11 Å². The van der Waals surface area contributed by atoms with E-state index in [2.05, 4.69) is 134 Å². The van der Waals surface area contributed by atoms with Crippen LogP contribution in [0.4, 0.5) is 0 Å². The van der Waals surface area contributed by atoms with Crippen molar-refractivity contribution in [1.29, 1.82) is 0 Å². The standard InChI is InChI=1S/C40H56O/c1-31(2)26-29-39(41)37(8)24-15-23-34(5)21-13-19-32(3)17-11-12-18-33(4)20-14-22-35(6)27-28-38-36(7)25-16-30-40(38,9)10/h11-15,17-24,26-28,39,41H,16,25,29-30H2,1-10H3. The third kappa shape index (κ3) is 16.0. The molecule has 0 heterocycles. The van der Waals surface area contributed by atoms with Gasteiger partial charge in [-0.15, -0.1) is 0 Å². The molecule has 0 aromatic carbocycles. The lowest BCUT2D eigenvalue weighted by molar-refractivity contribution is 0.214. The number of hydrogen-bond donors (Lipinski definition) is 1. The number of aliphatic hydroxyl groups excluding tert-OH is 1. The van der Waals surface area contributed by atoms with Crippen molar-refractivity contribution in [3.05, 3.63) is 142 Å². The van der Waals surface area contributed by atoms with Crippen LogP contribution in [-0.2, 0) is 0 Å². The van der Waals surface area contributed by atoms with Crippen molar-refractivity contribution in [2.75, 3.05) is 0 Å². The van der Waals surface area contributed by atoms with Crippen molar-refractivity contribution < 1.29 is 5.11 Å². The van der Waals surface area contributed by atoms with Gasteiger partial charge in [-0.05, 0) is 97.6 Å². The molecule has 0 aromatic rings. The molecule has 1 heteroatoms. The third-order valence-corrected chi connectivity index (χ3v) is 7.31. The van der Waals surface area contributed by atoms with Gasteiger partial charge in [-0.1, -0.05) is 145 Å². The molecule has 0 fully saturated rings. The molecule has 1 aliphatic rings. The molecule has 1 aliphatic carbocycles. The highest BCUT2D eigenvalue weighted by Gasteiger charge is 2.26. The summed E-state index contributed by atoms with van der Waals surface area (Å²) in [6.07, 6.45) is 37.8. The highest BCUT2D eigenvalue weighted by Crippen LogP contribution is 2.40. The van der Waals surface area contributed by atoms with Crippen LogP contribution < -0.4 is 0 Å². The molecule has 0 amide bonds. The van der Waals surface area contributed by atoms with Gasteiger partial charge in [-0.25, -0.2) is 0 Å². The number of aliphatic hydroxyl groups is 1. The summed E-state index contributed by atoms with van der Waals surface area (Å²) in [4.78, 5) is 0. The molecule has 0 aromatic heterocycles. The predicted octanol–water partition coefficient (Wildman–Crippen LogP) is 11.7. The van der Waals surface area contributed by atoms with E-state index < -0.39 is 6.10 Å². The van der Waals surface area contributed by atoms with Gasteiger partial charge in [0.25, 0.3) is 0 Å². The maximum Gasteiger partial charge on any atom is 0.0784 e. The van der Waals surface area contributed by atoms with Gasteiger partial charge in [-0.3, -0.25) is 0 Å². The lowest BCUT2D eigenvalue weighted by atomic mass is 9.72. The highest BCUT2D eigenvalue weighted by molar-refractivity contribution is 5.37. The first-order chi connectivity index (χ1) is 19.3. The molecule has 0 saturated heterocycles. The smallest absolute Gasteiger partial charge is 0.0784 e. The Kier molecular flexibility index (Phi) is 16.7. The molecule has 0 aliphatic heterocycles. The lowest BCUT2D eigenvalue weighted by Crippen LogP contribution is -2.19. The second-order valence-electron chi connectivity index (χ2n) is 12.3. The first-order valence-electron chi connectivity index (χ1n) is 15.1. The Balaban J connectivity index is 2.61. The van der Waals surface area contributed by atoms with Gasteiger partial charge in [0.1, 0.15) is 0 Å². The van der Waals surface area contributed by atoms with Crippen LogP contribution >= 0.6 is 0 Å². The van der Waals surface area contributed by atoms with Gasteiger partial charge in [0.05, 0.1) is 6.10 Å². The van der Waals surface area contributed by atoms with Crippen LogP contribution in [0.2, 0.25) is 0 Å². The quantitative estimate of drug-likeness (QED) is 0.178. The van der Waals surface area contributed by atoms with Crippen molar-refractivity contribution in [3.8, 4) is 0 Å². The van der Waals surface area contributed by atoms with E-state index in [0.29, 0.717) is 6.42 Å². The first-order valence-corrected chi connectivity index (χ1v) is 15.1. The number of allylic oxidation sites excluding steroid dienone is 22. The first kappa shape index (κ1) is 35.9. The van der Waals surface area contributed by atoms with Crippen molar-refractivity contribution >= 4 is 0 Å². The van der Waals surface area contributed by atoms with Gasteiger partial charge in [0.2, 0.25) is 0 Å². The molecule has 1 atom stereocenters. The fourth-order valence-corrected chi connectivity index (χ4v) is 4.56. The molecule has 1 N–H and O–H groups in total. The second kappa shape index (κ2) is 19.1. The molecule has 41 heavy (non-hydrogen) atoms. The monoisotopic (exact) mass is 552 g/mol. The summed E-state index contributed by atoms with van der Waals surface area (Å²) < 4.78 is 0. The Morgan fingerprint density at radius 2 is 1.17 bits per heavy atom. The molecule has 0 bridgehead atoms. The zero-order valence-electron chi connectivity index (χ0n) is 27.6. The molecule has 0 radical (unpaired) electrons. The van der Waals surface area contributed by atoms with Crippen LogP contribution in [0.1, 0.15) is 94.9 Å². The minimum Gasteiger partial charge on any atom is -0.388 e. The molecular formula is C40H56O. The summed E-state index contributed by atoms with van der Waals surface area (Å²) in [5.74, 6) is 0. The van der Waals surface area contributed by atoms with Crippen molar-refractivity contribution in [2.45, 2.75) is 101 Å². The average molecular weight is 553 g/mol. The summed E-state index contributed by atoms with van der Waals surface area (Å²) in [7, 11) is 0. The summed E-state index contributed by atoms with van der Waals surface area (Å²) in [6.45, 7) is 21.5. The SMILES string of the molecule is CC(C)=CCC(O)C(C)=CC=CC(C)=CC=CC(C)=CC=CC=C(C)C=CC=C(C)C=CC1=C(C)CCCC1(C)C. The zero-order chi connectivity index (χ0) is 30.8. The Labute approximate surface area is 252 Å². The predicted molar refractivity (Wildman–Crippen MR) is 185 cm³/mol. The number of rotatable bonds is 13. The van der Waals surface area contributed by atoms with Gasteiger partial charge >= 0.3 is 0 Å². The maximum absolute atomic E-state index is 10.2. The fraction of sp³-hybridized carbons (Fsp3) is 0.400. The van der Waals surface area contributed by atoms with Gasteiger partial charge in [-0.2, -0.15) is 0 Å². The van der Waals surface area contributed by atoms with Crippen LogP contribution in [0.25, 0.3) is 0 Å². The average Bonchev–Trinajstić information content (AvgIpc) is 2.89. The summed E-state index contributed by atoms with van der Waals surface area (Å²) >= 11 is 0. The molecular weight excluding hydrogens is 496 g/mol. The third-order valence-electron chi connectivity index (χ3n) is 7.31. The topological polar surface area (TPSA) is 20.2 Å². The highest BCUT2D eigenvalue weighted by atomic mass is 16.3.